The molecule has 0 amide bonds. The van der Waals surface area contributed by atoms with Gasteiger partial charge in [0.2, 0.25) is 0 Å². The van der Waals surface area contributed by atoms with Crippen LogP contribution >= 0.6 is 0 Å². The second-order valence-corrected chi connectivity index (χ2v) is 4.64. The lowest BCUT2D eigenvalue weighted by Gasteiger charge is -2.33. The summed E-state index contributed by atoms with van der Waals surface area (Å²) in [6, 6.07) is 4.99. The van der Waals surface area contributed by atoms with Crippen LogP contribution < -0.4 is 4.90 Å². The molecule has 16 heavy (non-hydrogen) atoms. The number of aliphatic hydroxyl groups excluding tert-OH is 1. The molecule has 0 saturated carbocycles. The zero-order valence-corrected chi connectivity index (χ0v) is 9.62. The zero-order valence-electron chi connectivity index (χ0n) is 9.62. The molecule has 1 atom stereocenters. The van der Waals surface area contributed by atoms with Gasteiger partial charge in [-0.05, 0) is 36.5 Å². The van der Waals surface area contributed by atoms with Crippen molar-refractivity contribution >= 4 is 5.69 Å². The minimum atomic E-state index is -0.222. The number of halogens is 1. The Labute approximate surface area is 95.7 Å². The highest BCUT2D eigenvalue weighted by Gasteiger charge is 2.19. The van der Waals surface area contributed by atoms with Crippen LogP contribution in [0.25, 0.3) is 0 Å². The van der Waals surface area contributed by atoms with Crippen molar-refractivity contribution in [1.29, 1.82) is 0 Å². The topological polar surface area (TPSA) is 23.5 Å². The molecule has 1 N–H and O–H groups in total. The SMILES string of the molecule is CC1CCCN(c2ccc(CO)cc2F)C1. The van der Waals surface area contributed by atoms with Crippen LogP contribution in [0.5, 0.6) is 0 Å². The van der Waals surface area contributed by atoms with E-state index in [1.54, 1.807) is 12.1 Å². The van der Waals surface area contributed by atoms with Gasteiger partial charge in [-0.15, -0.1) is 0 Å². The average molecular weight is 223 g/mol. The molecule has 1 aromatic rings. The third kappa shape index (κ3) is 2.35. The second kappa shape index (κ2) is 4.83. The fourth-order valence-electron chi connectivity index (χ4n) is 2.31. The van der Waals surface area contributed by atoms with Crippen molar-refractivity contribution in [3.8, 4) is 0 Å². The Morgan fingerprint density at radius 1 is 1.50 bits per heavy atom. The first-order valence-electron chi connectivity index (χ1n) is 5.85. The standard InChI is InChI=1S/C13H18FNO/c1-10-3-2-6-15(8-10)13-5-4-11(9-16)7-12(13)14/h4-5,7,10,16H,2-3,6,8-9H2,1H3. The Balaban J connectivity index is 2.19. The van der Waals surface area contributed by atoms with E-state index in [0.717, 1.165) is 19.5 Å². The van der Waals surface area contributed by atoms with Crippen LogP contribution in [-0.4, -0.2) is 18.2 Å². The molecule has 1 heterocycles. The Kier molecular flexibility index (Phi) is 3.44. The summed E-state index contributed by atoms with van der Waals surface area (Å²) in [6.45, 7) is 3.95. The molecule has 0 spiro atoms. The monoisotopic (exact) mass is 223 g/mol. The van der Waals surface area contributed by atoms with E-state index in [1.165, 1.54) is 12.5 Å². The lowest BCUT2D eigenvalue weighted by atomic mass is 9.99. The normalized spacial score (nSPS) is 21.2. The van der Waals surface area contributed by atoms with Gasteiger partial charge in [0.25, 0.3) is 0 Å². The molecule has 1 saturated heterocycles. The van der Waals surface area contributed by atoms with Crippen LogP contribution in [0.15, 0.2) is 18.2 Å². The largest absolute Gasteiger partial charge is 0.392 e. The van der Waals surface area contributed by atoms with Crippen molar-refractivity contribution in [2.45, 2.75) is 26.4 Å². The molecule has 88 valence electrons. The predicted octanol–water partition coefficient (Wildman–Crippen LogP) is 2.55. The Morgan fingerprint density at radius 3 is 2.94 bits per heavy atom. The first kappa shape index (κ1) is 11.4. The summed E-state index contributed by atoms with van der Waals surface area (Å²) in [5.74, 6) is 0.409. The fourth-order valence-corrected chi connectivity index (χ4v) is 2.31. The second-order valence-electron chi connectivity index (χ2n) is 4.64. The number of hydrogen-bond donors (Lipinski definition) is 1. The van der Waals surface area contributed by atoms with Gasteiger partial charge in [0.05, 0.1) is 12.3 Å². The molecule has 2 nitrogen and oxygen atoms in total. The molecule has 2 rings (SSSR count). The number of aliphatic hydroxyl groups is 1. The van der Waals surface area contributed by atoms with Crippen molar-refractivity contribution in [1.82, 2.24) is 0 Å². The highest BCUT2D eigenvalue weighted by atomic mass is 19.1. The van der Waals surface area contributed by atoms with Gasteiger partial charge in [-0.1, -0.05) is 13.0 Å². The van der Waals surface area contributed by atoms with E-state index in [-0.39, 0.29) is 12.4 Å². The summed E-state index contributed by atoms with van der Waals surface area (Å²) in [7, 11) is 0. The lowest BCUT2D eigenvalue weighted by molar-refractivity contribution is 0.281. The highest BCUT2D eigenvalue weighted by molar-refractivity contribution is 5.49. The summed E-state index contributed by atoms with van der Waals surface area (Å²) in [4.78, 5) is 2.10. The summed E-state index contributed by atoms with van der Waals surface area (Å²) in [6.07, 6.45) is 2.36. The number of piperidine rings is 1. The third-order valence-corrected chi connectivity index (χ3v) is 3.19. The fraction of sp³-hybridized carbons (Fsp3) is 0.538. The Morgan fingerprint density at radius 2 is 2.31 bits per heavy atom. The van der Waals surface area contributed by atoms with Crippen molar-refractivity contribution in [2.75, 3.05) is 18.0 Å². The van der Waals surface area contributed by atoms with Crippen molar-refractivity contribution in [3.05, 3.63) is 29.6 Å². The third-order valence-electron chi connectivity index (χ3n) is 3.19. The molecule has 0 radical (unpaired) electrons. The quantitative estimate of drug-likeness (QED) is 0.833. The molecule has 0 aromatic heterocycles. The van der Waals surface area contributed by atoms with E-state index in [2.05, 4.69) is 11.8 Å². The predicted molar refractivity (Wildman–Crippen MR) is 62.9 cm³/mol. The van der Waals surface area contributed by atoms with E-state index in [1.807, 2.05) is 0 Å². The molecule has 1 fully saturated rings. The maximum absolute atomic E-state index is 13.8. The van der Waals surface area contributed by atoms with Crippen LogP contribution in [0.2, 0.25) is 0 Å². The van der Waals surface area contributed by atoms with Gasteiger partial charge in [0.15, 0.2) is 0 Å². The van der Waals surface area contributed by atoms with Crippen LogP contribution in [0.3, 0.4) is 0 Å². The minimum Gasteiger partial charge on any atom is -0.392 e. The Bertz CT molecular complexity index is 367. The summed E-state index contributed by atoms with van der Waals surface area (Å²) < 4.78 is 13.8. The van der Waals surface area contributed by atoms with Crippen LogP contribution in [0.1, 0.15) is 25.3 Å². The molecule has 1 aliphatic heterocycles. The van der Waals surface area contributed by atoms with Gasteiger partial charge in [0, 0.05) is 13.1 Å². The number of anilines is 1. The maximum Gasteiger partial charge on any atom is 0.146 e. The van der Waals surface area contributed by atoms with Crippen LogP contribution in [-0.2, 0) is 6.61 Å². The summed E-state index contributed by atoms with van der Waals surface area (Å²) >= 11 is 0. The Hall–Kier alpha value is -1.09. The molecular weight excluding hydrogens is 205 g/mol. The highest BCUT2D eigenvalue weighted by Crippen LogP contribution is 2.26. The molecule has 1 unspecified atom stereocenters. The van der Waals surface area contributed by atoms with Gasteiger partial charge in [0.1, 0.15) is 5.82 Å². The van der Waals surface area contributed by atoms with E-state index in [0.29, 0.717) is 17.2 Å². The number of rotatable bonds is 2. The van der Waals surface area contributed by atoms with Crippen LogP contribution in [0.4, 0.5) is 10.1 Å². The van der Waals surface area contributed by atoms with E-state index in [4.69, 9.17) is 5.11 Å². The van der Waals surface area contributed by atoms with E-state index >= 15 is 0 Å². The van der Waals surface area contributed by atoms with Gasteiger partial charge in [-0.25, -0.2) is 4.39 Å². The molecular formula is C13H18FNO. The first-order chi connectivity index (χ1) is 7.70. The molecule has 0 bridgehead atoms. The molecule has 1 aliphatic rings. The van der Waals surface area contributed by atoms with Crippen molar-refractivity contribution in [3.63, 3.8) is 0 Å². The zero-order chi connectivity index (χ0) is 11.5. The number of benzene rings is 1. The van der Waals surface area contributed by atoms with Gasteiger partial charge < -0.3 is 10.0 Å². The van der Waals surface area contributed by atoms with E-state index in [9.17, 15) is 4.39 Å². The first-order valence-corrected chi connectivity index (χ1v) is 5.85. The van der Waals surface area contributed by atoms with Gasteiger partial charge in [-0.2, -0.15) is 0 Å². The average Bonchev–Trinajstić information content (AvgIpc) is 2.28. The number of nitrogens with zero attached hydrogens (tertiary/aromatic N) is 1. The maximum atomic E-state index is 13.8. The van der Waals surface area contributed by atoms with Crippen LogP contribution in [0, 0.1) is 11.7 Å². The smallest absolute Gasteiger partial charge is 0.146 e. The summed E-state index contributed by atoms with van der Waals surface area (Å²) in [5.41, 5.74) is 1.30. The lowest BCUT2D eigenvalue weighted by Crippen LogP contribution is -2.34. The van der Waals surface area contributed by atoms with Gasteiger partial charge in [-0.3, -0.25) is 0 Å². The molecule has 0 aliphatic carbocycles. The molecule has 3 heteroatoms. The van der Waals surface area contributed by atoms with E-state index < -0.39 is 0 Å². The van der Waals surface area contributed by atoms with Crippen molar-refractivity contribution < 1.29 is 9.50 Å². The van der Waals surface area contributed by atoms with Crippen molar-refractivity contribution in [2.24, 2.45) is 5.92 Å². The summed E-state index contributed by atoms with van der Waals surface area (Å²) in [5, 5.41) is 8.93. The van der Waals surface area contributed by atoms with Gasteiger partial charge >= 0.3 is 0 Å². The number of hydrogen-bond acceptors (Lipinski definition) is 2. The minimum absolute atomic E-state index is 0.104. The molecule has 1 aromatic carbocycles.